The first-order valence-corrected chi connectivity index (χ1v) is 7.45. The van der Waals surface area contributed by atoms with Gasteiger partial charge in [0.2, 0.25) is 5.91 Å². The molecule has 0 fully saturated rings. The smallest absolute Gasteiger partial charge is 0.337 e. The summed E-state index contributed by atoms with van der Waals surface area (Å²) >= 11 is 0. The number of benzene rings is 1. The highest BCUT2D eigenvalue weighted by atomic mass is 16.5. The molecule has 0 saturated heterocycles. The Bertz CT molecular complexity index is 504. The minimum Gasteiger partial charge on any atom is -0.465 e. The molecule has 1 rings (SSSR count). The number of esters is 1. The van der Waals surface area contributed by atoms with Gasteiger partial charge in [0, 0.05) is 12.1 Å². The van der Waals surface area contributed by atoms with Crippen LogP contribution in [0, 0.1) is 0 Å². The van der Waals surface area contributed by atoms with Crippen molar-refractivity contribution in [2.24, 2.45) is 0 Å². The minimum absolute atomic E-state index is 0.0144. The molecular weight excluding hydrogens is 280 g/mol. The van der Waals surface area contributed by atoms with Crippen LogP contribution in [0.2, 0.25) is 0 Å². The van der Waals surface area contributed by atoms with Crippen LogP contribution in [-0.4, -0.2) is 42.5 Å². The standard InChI is InChI=1S/C17H26N2O3/c1-6-19(12-15(20)18-17(2,3)4)11-13-7-9-14(10-8-13)16(21)22-5/h7-10H,6,11-12H2,1-5H3,(H,18,20). The Morgan fingerprint density at radius 2 is 1.77 bits per heavy atom. The highest BCUT2D eigenvalue weighted by molar-refractivity contribution is 5.89. The molecule has 0 radical (unpaired) electrons. The maximum atomic E-state index is 12.0. The number of rotatable bonds is 6. The van der Waals surface area contributed by atoms with Crippen molar-refractivity contribution in [3.63, 3.8) is 0 Å². The van der Waals surface area contributed by atoms with Gasteiger partial charge in [-0.3, -0.25) is 9.69 Å². The first kappa shape index (κ1) is 18.2. The minimum atomic E-state index is -0.344. The van der Waals surface area contributed by atoms with Crippen LogP contribution in [-0.2, 0) is 16.1 Å². The number of amides is 1. The topological polar surface area (TPSA) is 58.6 Å². The van der Waals surface area contributed by atoms with E-state index < -0.39 is 0 Å². The van der Waals surface area contributed by atoms with Crippen LogP contribution in [0.1, 0.15) is 43.6 Å². The lowest BCUT2D eigenvalue weighted by atomic mass is 10.1. The zero-order valence-electron chi connectivity index (χ0n) is 14.1. The third-order valence-electron chi connectivity index (χ3n) is 3.11. The molecule has 0 aromatic heterocycles. The normalized spacial score (nSPS) is 11.4. The van der Waals surface area contributed by atoms with E-state index in [0.29, 0.717) is 18.7 Å². The van der Waals surface area contributed by atoms with E-state index in [0.717, 1.165) is 12.1 Å². The van der Waals surface area contributed by atoms with Gasteiger partial charge in [0.15, 0.2) is 0 Å². The summed E-state index contributed by atoms with van der Waals surface area (Å²) in [7, 11) is 1.36. The molecule has 0 aliphatic heterocycles. The fourth-order valence-corrected chi connectivity index (χ4v) is 2.06. The molecule has 1 N–H and O–H groups in total. The van der Waals surface area contributed by atoms with E-state index in [-0.39, 0.29) is 17.4 Å². The lowest BCUT2D eigenvalue weighted by Gasteiger charge is -2.25. The van der Waals surface area contributed by atoms with Crippen molar-refractivity contribution >= 4 is 11.9 Å². The summed E-state index contributed by atoms with van der Waals surface area (Å²) in [6.07, 6.45) is 0. The van der Waals surface area contributed by atoms with Gasteiger partial charge in [-0.05, 0) is 45.0 Å². The monoisotopic (exact) mass is 306 g/mol. The fraction of sp³-hybridized carbons (Fsp3) is 0.529. The van der Waals surface area contributed by atoms with Gasteiger partial charge in [-0.15, -0.1) is 0 Å². The average molecular weight is 306 g/mol. The highest BCUT2D eigenvalue weighted by Gasteiger charge is 2.16. The Kier molecular flexibility index (Phi) is 6.56. The molecule has 0 spiro atoms. The molecule has 0 unspecified atom stereocenters. The Hall–Kier alpha value is -1.88. The number of nitrogens with one attached hydrogen (secondary N) is 1. The number of methoxy groups -OCH3 is 1. The second kappa shape index (κ2) is 7.94. The van der Waals surface area contributed by atoms with Crippen LogP contribution in [0.5, 0.6) is 0 Å². The second-order valence-corrected chi connectivity index (χ2v) is 6.29. The Balaban J connectivity index is 2.62. The molecule has 1 aromatic carbocycles. The van der Waals surface area contributed by atoms with Crippen molar-refractivity contribution in [2.45, 2.75) is 39.8 Å². The lowest BCUT2D eigenvalue weighted by Crippen LogP contribution is -2.45. The van der Waals surface area contributed by atoms with Gasteiger partial charge < -0.3 is 10.1 Å². The molecule has 0 aliphatic carbocycles. The number of nitrogens with zero attached hydrogens (tertiary/aromatic N) is 1. The van der Waals surface area contributed by atoms with Gasteiger partial charge in [0.1, 0.15) is 0 Å². The first-order chi connectivity index (χ1) is 10.2. The van der Waals surface area contributed by atoms with Crippen molar-refractivity contribution in [3.05, 3.63) is 35.4 Å². The summed E-state index contributed by atoms with van der Waals surface area (Å²) in [6, 6.07) is 7.25. The summed E-state index contributed by atoms with van der Waals surface area (Å²) < 4.78 is 4.68. The Morgan fingerprint density at radius 1 is 1.18 bits per heavy atom. The van der Waals surface area contributed by atoms with E-state index >= 15 is 0 Å². The van der Waals surface area contributed by atoms with E-state index in [2.05, 4.69) is 10.1 Å². The molecule has 5 heteroatoms. The van der Waals surface area contributed by atoms with Gasteiger partial charge in [-0.1, -0.05) is 19.1 Å². The largest absolute Gasteiger partial charge is 0.465 e. The second-order valence-electron chi connectivity index (χ2n) is 6.29. The number of carbonyl (C=O) groups is 2. The summed E-state index contributed by atoms with van der Waals surface area (Å²) in [5, 5.41) is 2.96. The number of hydrogen-bond acceptors (Lipinski definition) is 4. The molecule has 0 heterocycles. The maximum absolute atomic E-state index is 12.0. The molecule has 22 heavy (non-hydrogen) atoms. The Labute approximate surface area is 132 Å². The molecule has 1 amide bonds. The Morgan fingerprint density at radius 3 is 2.23 bits per heavy atom. The van der Waals surface area contributed by atoms with Gasteiger partial charge >= 0.3 is 5.97 Å². The van der Waals surface area contributed by atoms with Crippen LogP contribution in [0.4, 0.5) is 0 Å². The zero-order valence-corrected chi connectivity index (χ0v) is 14.1. The van der Waals surface area contributed by atoms with Gasteiger partial charge in [0.05, 0.1) is 19.2 Å². The maximum Gasteiger partial charge on any atom is 0.337 e. The zero-order chi connectivity index (χ0) is 16.8. The van der Waals surface area contributed by atoms with Crippen LogP contribution in [0.3, 0.4) is 0 Å². The molecule has 0 saturated carbocycles. The van der Waals surface area contributed by atoms with E-state index in [1.54, 1.807) is 12.1 Å². The SMILES string of the molecule is CCN(CC(=O)NC(C)(C)C)Cc1ccc(C(=O)OC)cc1. The predicted molar refractivity (Wildman–Crippen MR) is 86.6 cm³/mol. The number of carbonyl (C=O) groups excluding carboxylic acids is 2. The van der Waals surface area contributed by atoms with Crippen molar-refractivity contribution < 1.29 is 14.3 Å². The molecule has 1 aromatic rings. The summed E-state index contributed by atoms with van der Waals surface area (Å²) in [6.45, 7) is 9.71. The molecule has 0 bridgehead atoms. The van der Waals surface area contributed by atoms with Crippen molar-refractivity contribution in [3.8, 4) is 0 Å². The van der Waals surface area contributed by atoms with Crippen LogP contribution in [0.25, 0.3) is 0 Å². The first-order valence-electron chi connectivity index (χ1n) is 7.45. The summed E-state index contributed by atoms with van der Waals surface area (Å²) in [5.74, 6) is -0.330. The van der Waals surface area contributed by atoms with Gasteiger partial charge in [-0.25, -0.2) is 4.79 Å². The third-order valence-corrected chi connectivity index (χ3v) is 3.11. The van der Waals surface area contributed by atoms with Crippen LogP contribution >= 0.6 is 0 Å². The number of likely N-dealkylation sites (N-methyl/N-ethyl adjacent to an activating group) is 1. The molecular formula is C17H26N2O3. The quantitative estimate of drug-likeness (QED) is 0.819. The van der Waals surface area contributed by atoms with Crippen molar-refractivity contribution in [1.29, 1.82) is 0 Å². The van der Waals surface area contributed by atoms with Gasteiger partial charge in [0.25, 0.3) is 0 Å². The van der Waals surface area contributed by atoms with Crippen LogP contribution < -0.4 is 5.32 Å². The highest BCUT2D eigenvalue weighted by Crippen LogP contribution is 2.09. The molecule has 0 aliphatic rings. The summed E-state index contributed by atoms with van der Waals surface area (Å²) in [5.41, 5.74) is 1.36. The number of ether oxygens (including phenoxy) is 1. The molecule has 5 nitrogen and oxygen atoms in total. The summed E-state index contributed by atoms with van der Waals surface area (Å²) in [4.78, 5) is 25.4. The van der Waals surface area contributed by atoms with Gasteiger partial charge in [-0.2, -0.15) is 0 Å². The van der Waals surface area contributed by atoms with E-state index in [1.807, 2.05) is 44.7 Å². The van der Waals surface area contributed by atoms with Crippen molar-refractivity contribution in [1.82, 2.24) is 10.2 Å². The van der Waals surface area contributed by atoms with E-state index in [1.165, 1.54) is 7.11 Å². The van der Waals surface area contributed by atoms with Crippen LogP contribution in [0.15, 0.2) is 24.3 Å². The predicted octanol–water partition coefficient (Wildman–Crippen LogP) is 2.21. The fourth-order valence-electron chi connectivity index (χ4n) is 2.06. The number of hydrogen-bond donors (Lipinski definition) is 1. The van der Waals surface area contributed by atoms with E-state index in [9.17, 15) is 9.59 Å². The van der Waals surface area contributed by atoms with Crippen molar-refractivity contribution in [2.75, 3.05) is 20.2 Å². The molecule has 122 valence electrons. The third kappa shape index (κ3) is 6.26. The average Bonchev–Trinajstić information content (AvgIpc) is 2.44. The molecule has 0 atom stereocenters. The lowest BCUT2D eigenvalue weighted by molar-refractivity contribution is -0.123. The van der Waals surface area contributed by atoms with E-state index in [4.69, 9.17) is 0 Å².